The summed E-state index contributed by atoms with van der Waals surface area (Å²) in [4.78, 5) is 104. The van der Waals surface area contributed by atoms with Crippen molar-refractivity contribution in [3.05, 3.63) is 108 Å². The number of unbranched alkanes of at least 4 members (excludes halogenated alkanes) is 2. The van der Waals surface area contributed by atoms with E-state index in [-0.39, 0.29) is 43.1 Å². The highest BCUT2D eigenvalue weighted by Crippen LogP contribution is 2.30. The molecule has 3 aliphatic heterocycles. The number of carbonyl (C=O) groups excluding carboxylic acids is 7. The number of amides is 7. The van der Waals surface area contributed by atoms with E-state index in [1.54, 1.807) is 12.1 Å². The molecule has 478 valence electrons. The number of rotatable bonds is 20. The van der Waals surface area contributed by atoms with Crippen molar-refractivity contribution in [2.75, 3.05) is 45.9 Å². The number of carbonyl (C=O) groups is 7. The van der Waals surface area contributed by atoms with Crippen LogP contribution in [-0.4, -0.2) is 217 Å². The van der Waals surface area contributed by atoms with E-state index in [0.29, 0.717) is 13.2 Å². The molecule has 0 aliphatic carbocycles. The third-order valence-corrected chi connectivity index (χ3v) is 16.1. The fourth-order valence-electron chi connectivity index (χ4n) is 11.0. The zero-order valence-electron chi connectivity index (χ0n) is 49.7. The number of aliphatic hydroxyl groups is 7. The molecule has 3 fully saturated rings. The molecule has 26 nitrogen and oxygen atoms in total. The van der Waals surface area contributed by atoms with Gasteiger partial charge in [0.2, 0.25) is 35.4 Å². The Bertz CT molecular complexity index is 2990. The highest BCUT2D eigenvalue weighted by molar-refractivity contribution is 6.00. The van der Waals surface area contributed by atoms with Gasteiger partial charge in [0, 0.05) is 63.6 Å². The Kier molecular flexibility index (Phi) is 24.3. The number of nitrogens with zero attached hydrogens (tertiary/aromatic N) is 2. The average molecular weight is 1230 g/mol. The molecule has 7 amide bonds. The topological polar surface area (TPSA) is 407 Å². The number of phenols is 1. The summed E-state index contributed by atoms with van der Waals surface area (Å²) >= 11 is 0. The van der Waals surface area contributed by atoms with Crippen molar-refractivity contribution in [3.8, 4) is 33.8 Å². The number of benzene rings is 4. The van der Waals surface area contributed by atoms with Crippen LogP contribution in [0.2, 0.25) is 0 Å². The lowest BCUT2D eigenvalue weighted by molar-refractivity contribution is -0.148. The molecule has 3 heterocycles. The fourth-order valence-corrected chi connectivity index (χ4v) is 11.0. The summed E-state index contributed by atoms with van der Waals surface area (Å²) in [7, 11) is 0. The van der Waals surface area contributed by atoms with Gasteiger partial charge in [0.15, 0.2) is 0 Å². The van der Waals surface area contributed by atoms with Gasteiger partial charge in [-0.1, -0.05) is 87.4 Å². The Morgan fingerprint density at radius 1 is 0.659 bits per heavy atom. The van der Waals surface area contributed by atoms with Crippen LogP contribution in [0.3, 0.4) is 0 Å². The van der Waals surface area contributed by atoms with E-state index in [1.807, 2.05) is 48.5 Å². The van der Waals surface area contributed by atoms with Crippen LogP contribution < -0.4 is 47.7 Å². The van der Waals surface area contributed by atoms with Crippen LogP contribution in [0, 0.1) is 5.92 Å². The maximum absolute atomic E-state index is 14.8. The number of aromatic hydroxyl groups is 1. The number of hydrogen-bond acceptors (Lipinski definition) is 19. The number of ether oxygens (including phenoxy) is 1. The summed E-state index contributed by atoms with van der Waals surface area (Å²) < 4.78 is 5.87. The molecule has 0 saturated carbocycles. The molecule has 7 rings (SSSR count). The van der Waals surface area contributed by atoms with Gasteiger partial charge < -0.3 is 93.0 Å². The van der Waals surface area contributed by atoms with Gasteiger partial charge in [0.05, 0.1) is 37.1 Å². The van der Waals surface area contributed by atoms with Gasteiger partial charge in [0.25, 0.3) is 5.91 Å². The van der Waals surface area contributed by atoms with Gasteiger partial charge in [0.1, 0.15) is 66.1 Å². The summed E-state index contributed by atoms with van der Waals surface area (Å²) in [6, 6.07) is 15.3. The van der Waals surface area contributed by atoms with E-state index >= 15 is 0 Å². The molecule has 0 aromatic heterocycles. The van der Waals surface area contributed by atoms with Gasteiger partial charge in [-0.2, -0.15) is 0 Å². The molecule has 4 aromatic carbocycles. The number of nitrogens with one attached hydrogen (secondary N) is 7. The lowest BCUT2D eigenvalue weighted by Gasteiger charge is -2.34. The standard InChI is InChI=1S/C62H84N10O16/c1-5-6-7-28-88-44-22-18-39(19-23-44)37-10-8-36(9-11-37)38-12-14-41(15-13-38)56(81)66-45-30-47(77)55(65-27-26-64-25-24-63)70-60(85)51-52(78)33(2)31-72(51)62(87)49(35(4)74)68-59(84)50(54(80)53(79)40-16-20-42(75)21-17-40)69-58(83)46-29-43(76)32-71(46)61(86)48(34(3)73)67-57(45)82/h8-23,33-35,43,45-55,64-65,73-80H,5-7,24-32,63H2,1-4H3,(H,66,81)(H,67,82)(H,68,84)(H,69,83)(H,70,85)/t33-,34+,35+,43+,45+,46?,47+,48?,49?,50?,51?,52-,53-,54-,55-/m0/s1. The Hall–Kier alpha value is -7.63. The highest BCUT2D eigenvalue weighted by Gasteiger charge is 2.50. The number of phenolic OH excluding ortho intramolecular Hbond substituents is 1. The molecular weight excluding hydrogens is 1140 g/mol. The molecule has 0 bridgehead atoms. The van der Waals surface area contributed by atoms with Crippen LogP contribution in [0.4, 0.5) is 0 Å². The average Bonchev–Trinajstić information content (AvgIpc) is 2.10. The van der Waals surface area contributed by atoms with Gasteiger partial charge >= 0.3 is 0 Å². The van der Waals surface area contributed by atoms with Gasteiger partial charge in [-0.05, 0) is 84.5 Å². The Balaban J connectivity index is 1.22. The van der Waals surface area contributed by atoms with Gasteiger partial charge in [-0.15, -0.1) is 0 Å². The van der Waals surface area contributed by atoms with Crippen molar-refractivity contribution in [3.63, 3.8) is 0 Å². The maximum atomic E-state index is 14.8. The number of aliphatic hydroxyl groups excluding tert-OH is 7. The minimum atomic E-state index is -2.29. The number of fused-ring (bicyclic) bond motifs is 2. The smallest absolute Gasteiger partial charge is 0.251 e. The van der Waals surface area contributed by atoms with Crippen LogP contribution in [0.1, 0.15) is 81.8 Å². The van der Waals surface area contributed by atoms with E-state index < -0.39 is 152 Å². The monoisotopic (exact) mass is 1220 g/mol. The van der Waals surface area contributed by atoms with Crippen molar-refractivity contribution in [2.45, 2.75) is 145 Å². The summed E-state index contributed by atoms with van der Waals surface area (Å²) in [6.45, 7) is 6.55. The quantitative estimate of drug-likeness (QED) is 0.0435. The van der Waals surface area contributed by atoms with E-state index in [9.17, 15) is 74.4 Å². The maximum Gasteiger partial charge on any atom is 0.251 e. The molecule has 0 radical (unpaired) electrons. The van der Waals surface area contributed by atoms with Crippen LogP contribution in [0.25, 0.3) is 22.3 Å². The zero-order chi connectivity index (χ0) is 63.9. The van der Waals surface area contributed by atoms with Crippen molar-refractivity contribution in [1.29, 1.82) is 0 Å². The minimum Gasteiger partial charge on any atom is -0.508 e. The third kappa shape index (κ3) is 17.2. The Labute approximate surface area is 510 Å². The van der Waals surface area contributed by atoms with Crippen molar-refractivity contribution in [1.82, 2.24) is 47.0 Å². The van der Waals surface area contributed by atoms with E-state index in [4.69, 9.17) is 10.5 Å². The predicted molar refractivity (Wildman–Crippen MR) is 321 cm³/mol. The first-order chi connectivity index (χ1) is 42.0. The molecular formula is C62H84N10O16. The fraction of sp³-hybridized carbons (Fsp3) is 0.500. The summed E-state index contributed by atoms with van der Waals surface area (Å²) in [6.07, 6.45) is -12.3. The van der Waals surface area contributed by atoms with Crippen molar-refractivity contribution in [2.24, 2.45) is 11.7 Å². The Morgan fingerprint density at radius 2 is 1.22 bits per heavy atom. The van der Waals surface area contributed by atoms with Crippen LogP contribution >= 0.6 is 0 Å². The van der Waals surface area contributed by atoms with Crippen LogP contribution in [0.5, 0.6) is 11.5 Å². The second-order valence-electron chi connectivity index (χ2n) is 22.8. The number of nitrogens with two attached hydrogens (primary N) is 1. The predicted octanol–water partition coefficient (Wildman–Crippen LogP) is -1.78. The lowest BCUT2D eigenvalue weighted by atomic mass is 9.96. The van der Waals surface area contributed by atoms with Gasteiger partial charge in [-0.3, -0.25) is 38.9 Å². The minimum absolute atomic E-state index is 0.0210. The molecule has 3 saturated heterocycles. The van der Waals surface area contributed by atoms with E-state index in [0.717, 1.165) is 70.9 Å². The molecule has 4 aromatic rings. The second-order valence-corrected chi connectivity index (χ2v) is 22.8. The van der Waals surface area contributed by atoms with E-state index in [2.05, 4.69) is 44.1 Å². The summed E-state index contributed by atoms with van der Waals surface area (Å²) in [5, 5.41) is 109. The van der Waals surface area contributed by atoms with Gasteiger partial charge in [-0.25, -0.2) is 0 Å². The number of hydrogen-bond donors (Lipinski definition) is 16. The Morgan fingerprint density at radius 3 is 1.80 bits per heavy atom. The molecule has 26 heteroatoms. The zero-order valence-corrected chi connectivity index (χ0v) is 49.7. The first-order valence-electron chi connectivity index (χ1n) is 29.8. The first kappa shape index (κ1) is 67.9. The van der Waals surface area contributed by atoms with E-state index in [1.165, 1.54) is 43.3 Å². The molecule has 5 unspecified atom stereocenters. The van der Waals surface area contributed by atoms with Crippen LogP contribution in [-0.2, 0) is 28.8 Å². The largest absolute Gasteiger partial charge is 0.508 e. The highest BCUT2D eigenvalue weighted by atomic mass is 16.5. The lowest BCUT2D eigenvalue weighted by Crippen LogP contribution is -2.64. The summed E-state index contributed by atoms with van der Waals surface area (Å²) in [5.74, 6) is -8.16. The van der Waals surface area contributed by atoms with Crippen molar-refractivity contribution >= 4 is 41.4 Å². The van der Waals surface area contributed by atoms with Crippen molar-refractivity contribution < 1.29 is 79.2 Å². The summed E-state index contributed by atoms with van der Waals surface area (Å²) in [5.41, 5.74) is 9.15. The first-order valence-corrected chi connectivity index (χ1v) is 29.8. The molecule has 3 aliphatic rings. The molecule has 0 spiro atoms. The SMILES string of the molecule is CCCCCOc1ccc(-c2ccc(-c3ccc(C(=O)N[C@@H]4C[C@@H](O)[C@@H](NCCNCCN)NC(=O)C5[C@@H](O)[C@@H](C)CN5C(=O)C([C@@H](C)O)NC(=O)C([C@H](O)[C@@H](O)c5ccc(O)cc5)NC(=O)C5C[C@@H](O)CN5C(=O)C([C@@H](C)O)NC4=O)cc3)cc2)cc1. The van der Waals surface area contributed by atoms with Crippen LogP contribution in [0.15, 0.2) is 97.1 Å². The molecule has 88 heavy (non-hydrogen) atoms. The normalized spacial score (nSPS) is 26.5. The molecule has 17 N–H and O–H groups in total. The second kappa shape index (κ2) is 31.5. The third-order valence-electron chi connectivity index (χ3n) is 16.1. The molecule has 15 atom stereocenters.